The topological polar surface area (TPSA) is 34.5 Å². The van der Waals surface area contributed by atoms with E-state index < -0.39 is 0 Å². The van der Waals surface area contributed by atoms with Crippen molar-refractivity contribution in [1.29, 1.82) is 0 Å². The summed E-state index contributed by atoms with van der Waals surface area (Å²) in [5.74, 6) is 0.848. The molecule has 3 nitrogen and oxygen atoms in total. The molecular weight excluding hydrogens is 368 g/mol. The van der Waals surface area contributed by atoms with Crippen LogP contribution in [0.3, 0.4) is 0 Å². The van der Waals surface area contributed by atoms with Gasteiger partial charge in [-0.05, 0) is 67.7 Å². The molecule has 1 aromatic heterocycles. The van der Waals surface area contributed by atoms with Crippen LogP contribution in [0.1, 0.15) is 34.2 Å². The van der Waals surface area contributed by atoms with Crippen molar-refractivity contribution in [3.63, 3.8) is 0 Å². The van der Waals surface area contributed by atoms with Gasteiger partial charge in [0.05, 0.1) is 18.5 Å². The molecule has 0 amide bonds. The molecule has 0 N–H and O–H groups in total. The van der Waals surface area contributed by atoms with E-state index in [1.807, 2.05) is 18.3 Å². The van der Waals surface area contributed by atoms with Crippen LogP contribution in [0.5, 0.6) is 5.75 Å². The molecule has 0 aliphatic carbocycles. The molecule has 1 aliphatic rings. The number of aryl methyl sites for hydroxylation is 2. The van der Waals surface area contributed by atoms with Crippen molar-refractivity contribution in [2.45, 2.75) is 26.2 Å². The minimum atomic E-state index is 0.848. The number of aliphatic imine (C=N–C) groups is 1. The monoisotopic (exact) mass is 394 g/mol. The van der Waals surface area contributed by atoms with Gasteiger partial charge in [0.15, 0.2) is 0 Å². The Bertz CT molecular complexity index is 1110. The molecule has 0 saturated heterocycles. The summed E-state index contributed by atoms with van der Waals surface area (Å²) in [6, 6.07) is 18.9. The van der Waals surface area contributed by atoms with Gasteiger partial charge < -0.3 is 4.74 Å². The second-order valence-electron chi connectivity index (χ2n) is 7.49. The van der Waals surface area contributed by atoms with Crippen molar-refractivity contribution >= 4 is 11.4 Å². The first kappa shape index (κ1) is 19.8. The summed E-state index contributed by atoms with van der Waals surface area (Å²) in [4.78, 5) is 9.33. The number of aromatic nitrogens is 1. The summed E-state index contributed by atoms with van der Waals surface area (Å²) >= 11 is 0. The zero-order valence-corrected chi connectivity index (χ0v) is 17.5. The molecule has 0 unspecified atom stereocenters. The van der Waals surface area contributed by atoms with Gasteiger partial charge >= 0.3 is 0 Å². The summed E-state index contributed by atoms with van der Waals surface area (Å²) in [5, 5.41) is 0. The standard InChI is InChI=1S/C27H26N2O/c1-20-7-3-8-21(17-20)9-4-13-27-25-18-24(30-2)15-14-22(25)10-5-12-26(29-27)23-11-6-16-28-19-23/h3,5-8,11-19H,4,9-10H2,1-2H3/b12-5+,27-13-,29-26-. The highest BCUT2D eigenvalue weighted by Crippen LogP contribution is 2.29. The van der Waals surface area contributed by atoms with Crippen LogP contribution in [-0.4, -0.2) is 17.8 Å². The van der Waals surface area contributed by atoms with Crippen molar-refractivity contribution in [1.82, 2.24) is 4.98 Å². The highest BCUT2D eigenvalue weighted by Gasteiger charge is 2.13. The number of nitrogens with zero attached hydrogens (tertiary/aromatic N) is 2. The Morgan fingerprint density at radius 2 is 2.00 bits per heavy atom. The van der Waals surface area contributed by atoms with E-state index in [9.17, 15) is 0 Å². The third kappa shape index (κ3) is 4.74. The smallest absolute Gasteiger partial charge is 0.119 e. The van der Waals surface area contributed by atoms with E-state index in [0.717, 1.165) is 47.5 Å². The van der Waals surface area contributed by atoms with E-state index in [2.05, 4.69) is 72.6 Å². The van der Waals surface area contributed by atoms with Gasteiger partial charge in [-0.25, -0.2) is 4.99 Å². The van der Waals surface area contributed by atoms with Gasteiger partial charge in [0, 0.05) is 23.5 Å². The molecule has 0 atom stereocenters. The van der Waals surface area contributed by atoms with E-state index in [1.54, 1.807) is 13.3 Å². The van der Waals surface area contributed by atoms with Crippen LogP contribution in [0.15, 0.2) is 90.2 Å². The van der Waals surface area contributed by atoms with Gasteiger partial charge in [0.25, 0.3) is 0 Å². The van der Waals surface area contributed by atoms with Gasteiger partial charge in [-0.1, -0.05) is 48.0 Å². The van der Waals surface area contributed by atoms with E-state index >= 15 is 0 Å². The van der Waals surface area contributed by atoms with Gasteiger partial charge in [-0.2, -0.15) is 0 Å². The molecule has 3 heteroatoms. The van der Waals surface area contributed by atoms with Crippen LogP contribution in [0.25, 0.3) is 5.70 Å². The van der Waals surface area contributed by atoms with Gasteiger partial charge in [0.1, 0.15) is 5.75 Å². The third-order valence-corrected chi connectivity index (χ3v) is 5.26. The van der Waals surface area contributed by atoms with Gasteiger partial charge in [0.2, 0.25) is 0 Å². The summed E-state index contributed by atoms with van der Waals surface area (Å²) in [5.41, 5.74) is 7.96. The molecule has 0 radical (unpaired) electrons. The molecule has 0 spiro atoms. The highest BCUT2D eigenvalue weighted by atomic mass is 16.5. The summed E-state index contributed by atoms with van der Waals surface area (Å²) < 4.78 is 5.50. The summed E-state index contributed by atoms with van der Waals surface area (Å²) in [7, 11) is 1.70. The lowest BCUT2D eigenvalue weighted by molar-refractivity contribution is 0.414. The predicted molar refractivity (Wildman–Crippen MR) is 124 cm³/mol. The molecule has 4 rings (SSSR count). The number of ether oxygens (including phenoxy) is 1. The van der Waals surface area contributed by atoms with Crippen molar-refractivity contribution in [3.05, 3.63) is 113 Å². The van der Waals surface area contributed by atoms with Crippen molar-refractivity contribution in [2.24, 2.45) is 4.99 Å². The molecule has 30 heavy (non-hydrogen) atoms. The Hall–Kier alpha value is -3.46. The minimum absolute atomic E-state index is 0.848. The molecule has 150 valence electrons. The van der Waals surface area contributed by atoms with Crippen molar-refractivity contribution < 1.29 is 4.74 Å². The maximum atomic E-state index is 5.50. The molecule has 0 bridgehead atoms. The fourth-order valence-electron chi connectivity index (χ4n) is 3.70. The molecule has 2 aromatic carbocycles. The van der Waals surface area contributed by atoms with E-state index in [1.165, 1.54) is 16.7 Å². The SMILES string of the molecule is COc1ccc2c(c1)C(=C/CCc1cccc(C)c1)/N=C(c1cccnc1)/C=C/C2. The van der Waals surface area contributed by atoms with Crippen LogP contribution < -0.4 is 4.74 Å². The zero-order valence-electron chi connectivity index (χ0n) is 17.5. The number of allylic oxidation sites excluding steroid dienone is 3. The van der Waals surface area contributed by atoms with E-state index in [-0.39, 0.29) is 0 Å². The van der Waals surface area contributed by atoms with Crippen LogP contribution in [0.4, 0.5) is 0 Å². The first-order chi connectivity index (χ1) is 14.7. The van der Waals surface area contributed by atoms with Crippen molar-refractivity contribution in [2.75, 3.05) is 7.11 Å². The largest absolute Gasteiger partial charge is 0.497 e. The zero-order chi connectivity index (χ0) is 20.8. The highest BCUT2D eigenvalue weighted by molar-refractivity contribution is 6.11. The number of fused-ring (bicyclic) bond motifs is 1. The average molecular weight is 395 g/mol. The maximum Gasteiger partial charge on any atom is 0.119 e. The number of benzene rings is 2. The maximum absolute atomic E-state index is 5.50. The Balaban J connectivity index is 1.73. The third-order valence-electron chi connectivity index (χ3n) is 5.26. The van der Waals surface area contributed by atoms with Gasteiger partial charge in [-0.15, -0.1) is 0 Å². The average Bonchev–Trinajstić information content (AvgIpc) is 2.76. The lowest BCUT2D eigenvalue weighted by Crippen LogP contribution is -2.03. The Labute approximate surface area is 178 Å². The second-order valence-corrected chi connectivity index (χ2v) is 7.49. The second kappa shape index (κ2) is 9.36. The molecule has 3 aromatic rings. The van der Waals surface area contributed by atoms with Crippen LogP contribution in [0.2, 0.25) is 0 Å². The lowest BCUT2D eigenvalue weighted by atomic mass is 9.97. The Morgan fingerprint density at radius 1 is 1.07 bits per heavy atom. The quantitative estimate of drug-likeness (QED) is 0.534. The van der Waals surface area contributed by atoms with Crippen LogP contribution in [-0.2, 0) is 12.8 Å². The Morgan fingerprint density at radius 3 is 2.80 bits per heavy atom. The van der Waals surface area contributed by atoms with E-state index in [0.29, 0.717) is 0 Å². The molecular formula is C27H26N2O. The number of hydrogen-bond acceptors (Lipinski definition) is 3. The molecule has 0 saturated carbocycles. The summed E-state index contributed by atoms with van der Waals surface area (Å²) in [6.07, 6.45) is 12.9. The first-order valence-corrected chi connectivity index (χ1v) is 10.3. The molecule has 2 heterocycles. The number of rotatable bonds is 5. The summed E-state index contributed by atoms with van der Waals surface area (Å²) in [6.45, 7) is 2.14. The normalized spacial score (nSPS) is 17.4. The minimum Gasteiger partial charge on any atom is -0.497 e. The fourth-order valence-corrected chi connectivity index (χ4v) is 3.70. The number of methoxy groups -OCH3 is 1. The lowest BCUT2D eigenvalue weighted by Gasteiger charge is -2.15. The van der Waals surface area contributed by atoms with Crippen LogP contribution in [0, 0.1) is 6.92 Å². The van der Waals surface area contributed by atoms with Crippen LogP contribution >= 0.6 is 0 Å². The van der Waals surface area contributed by atoms with E-state index in [4.69, 9.17) is 9.73 Å². The first-order valence-electron chi connectivity index (χ1n) is 10.3. The molecule has 0 fully saturated rings. The van der Waals surface area contributed by atoms with Crippen molar-refractivity contribution in [3.8, 4) is 5.75 Å². The fraction of sp³-hybridized carbons (Fsp3) is 0.185. The predicted octanol–water partition coefficient (Wildman–Crippen LogP) is 5.97. The number of hydrogen-bond donors (Lipinski definition) is 0. The van der Waals surface area contributed by atoms with Gasteiger partial charge in [-0.3, -0.25) is 4.98 Å². The number of pyridine rings is 1. The Kier molecular flexibility index (Phi) is 6.19. The molecule has 1 aliphatic heterocycles.